The Morgan fingerprint density at radius 1 is 1.29 bits per heavy atom. The molecule has 2 saturated heterocycles. The van der Waals surface area contributed by atoms with Gasteiger partial charge in [-0.2, -0.15) is 0 Å². The first-order chi connectivity index (χ1) is 13.6. The summed E-state index contributed by atoms with van der Waals surface area (Å²) in [7, 11) is 0. The molecule has 28 heavy (non-hydrogen) atoms. The van der Waals surface area contributed by atoms with Crippen LogP contribution in [0.25, 0.3) is 0 Å². The molecule has 0 unspecified atom stereocenters. The maximum Gasteiger partial charge on any atom is 0.225 e. The fourth-order valence-corrected chi connectivity index (χ4v) is 4.98. The molecule has 2 aromatic heterocycles. The van der Waals surface area contributed by atoms with Gasteiger partial charge in [-0.15, -0.1) is 11.3 Å². The van der Waals surface area contributed by atoms with E-state index in [9.17, 15) is 4.79 Å². The Labute approximate surface area is 171 Å². The number of hydrogen-bond acceptors (Lipinski definition) is 6. The van der Waals surface area contributed by atoms with Crippen molar-refractivity contribution in [3.05, 3.63) is 40.3 Å². The predicted octanol–water partition coefficient (Wildman–Crippen LogP) is 2.88. The number of thiophene rings is 1. The molecule has 2 aliphatic rings. The zero-order valence-electron chi connectivity index (χ0n) is 16.7. The summed E-state index contributed by atoms with van der Waals surface area (Å²) in [6.07, 6.45) is 4.26. The SMILES string of the molecule is CC(C)NC(=O)[C@H]1CN(Cc2cccs2)C[C@@H]1c1ccnc(N2CCCC2)n1. The van der Waals surface area contributed by atoms with Crippen LogP contribution in [0.5, 0.6) is 0 Å². The van der Waals surface area contributed by atoms with Crippen molar-refractivity contribution in [2.75, 3.05) is 31.1 Å². The molecule has 0 spiro atoms. The van der Waals surface area contributed by atoms with Gasteiger partial charge in [-0.3, -0.25) is 9.69 Å². The third-order valence-electron chi connectivity index (χ3n) is 5.56. The predicted molar refractivity (Wildman–Crippen MR) is 113 cm³/mol. The number of aromatic nitrogens is 2. The topological polar surface area (TPSA) is 61.4 Å². The molecule has 4 rings (SSSR count). The Kier molecular flexibility index (Phi) is 5.92. The van der Waals surface area contributed by atoms with Crippen molar-refractivity contribution in [1.82, 2.24) is 20.2 Å². The highest BCUT2D eigenvalue weighted by Crippen LogP contribution is 2.34. The van der Waals surface area contributed by atoms with Crippen molar-refractivity contribution in [2.24, 2.45) is 5.92 Å². The first-order valence-electron chi connectivity index (χ1n) is 10.2. The Morgan fingerprint density at radius 2 is 2.11 bits per heavy atom. The molecule has 1 amide bonds. The van der Waals surface area contributed by atoms with E-state index in [1.54, 1.807) is 11.3 Å². The lowest BCUT2D eigenvalue weighted by Gasteiger charge is -2.21. The summed E-state index contributed by atoms with van der Waals surface area (Å²) >= 11 is 1.77. The third kappa shape index (κ3) is 4.36. The summed E-state index contributed by atoms with van der Waals surface area (Å²) in [5.74, 6) is 0.969. The van der Waals surface area contributed by atoms with Crippen LogP contribution in [0, 0.1) is 5.92 Å². The molecule has 0 aromatic carbocycles. The van der Waals surface area contributed by atoms with E-state index >= 15 is 0 Å². The van der Waals surface area contributed by atoms with Gasteiger partial charge in [0.15, 0.2) is 0 Å². The molecular formula is C21H29N5OS. The van der Waals surface area contributed by atoms with Crippen molar-refractivity contribution in [2.45, 2.75) is 45.2 Å². The molecule has 2 aliphatic heterocycles. The van der Waals surface area contributed by atoms with Crippen molar-refractivity contribution in [3.63, 3.8) is 0 Å². The Bertz CT molecular complexity index is 788. The second-order valence-corrected chi connectivity index (χ2v) is 9.16. The van der Waals surface area contributed by atoms with Crippen molar-refractivity contribution in [3.8, 4) is 0 Å². The maximum absolute atomic E-state index is 12.9. The fourth-order valence-electron chi connectivity index (χ4n) is 4.23. The van der Waals surface area contributed by atoms with Gasteiger partial charge in [0.25, 0.3) is 0 Å². The minimum atomic E-state index is -0.0799. The molecule has 0 aliphatic carbocycles. The highest BCUT2D eigenvalue weighted by atomic mass is 32.1. The van der Waals surface area contributed by atoms with Gasteiger partial charge < -0.3 is 10.2 Å². The first kappa shape index (κ1) is 19.3. The average Bonchev–Trinajstić information content (AvgIpc) is 3.43. The molecule has 4 heterocycles. The van der Waals surface area contributed by atoms with Crippen LogP contribution in [0.2, 0.25) is 0 Å². The van der Waals surface area contributed by atoms with Crippen LogP contribution >= 0.6 is 11.3 Å². The van der Waals surface area contributed by atoms with Gasteiger partial charge in [-0.05, 0) is 44.2 Å². The molecule has 6 nitrogen and oxygen atoms in total. The lowest BCUT2D eigenvalue weighted by atomic mass is 9.91. The lowest BCUT2D eigenvalue weighted by Crippen LogP contribution is -2.38. The van der Waals surface area contributed by atoms with Crippen molar-refractivity contribution < 1.29 is 4.79 Å². The summed E-state index contributed by atoms with van der Waals surface area (Å²) in [6.45, 7) is 8.59. The summed E-state index contributed by atoms with van der Waals surface area (Å²) < 4.78 is 0. The van der Waals surface area contributed by atoms with Crippen molar-refractivity contribution >= 4 is 23.2 Å². The molecule has 7 heteroatoms. The van der Waals surface area contributed by atoms with Crippen LogP contribution < -0.4 is 10.2 Å². The zero-order valence-corrected chi connectivity index (χ0v) is 17.5. The minimum Gasteiger partial charge on any atom is -0.354 e. The number of hydrogen-bond donors (Lipinski definition) is 1. The molecule has 2 aromatic rings. The molecule has 0 saturated carbocycles. The summed E-state index contributed by atoms with van der Waals surface area (Å²) in [6, 6.07) is 6.39. The normalized spacial score (nSPS) is 22.9. The number of nitrogens with one attached hydrogen (secondary N) is 1. The van der Waals surface area contributed by atoms with Gasteiger partial charge in [0.05, 0.1) is 11.6 Å². The van der Waals surface area contributed by atoms with Crippen LogP contribution in [-0.4, -0.2) is 53.0 Å². The number of amides is 1. The van der Waals surface area contributed by atoms with Gasteiger partial charge in [0.2, 0.25) is 11.9 Å². The monoisotopic (exact) mass is 399 g/mol. The Morgan fingerprint density at radius 3 is 2.82 bits per heavy atom. The van der Waals surface area contributed by atoms with Crippen LogP contribution in [-0.2, 0) is 11.3 Å². The number of likely N-dealkylation sites (tertiary alicyclic amines) is 1. The van der Waals surface area contributed by atoms with Gasteiger partial charge in [-0.1, -0.05) is 6.07 Å². The smallest absolute Gasteiger partial charge is 0.225 e. The second kappa shape index (κ2) is 8.57. The number of anilines is 1. The van der Waals surface area contributed by atoms with Gasteiger partial charge in [-0.25, -0.2) is 9.97 Å². The van der Waals surface area contributed by atoms with E-state index in [4.69, 9.17) is 4.98 Å². The Balaban J connectivity index is 1.56. The highest BCUT2D eigenvalue weighted by molar-refractivity contribution is 7.09. The molecule has 0 bridgehead atoms. The van der Waals surface area contributed by atoms with Crippen LogP contribution in [0.15, 0.2) is 29.8 Å². The lowest BCUT2D eigenvalue weighted by molar-refractivity contribution is -0.125. The summed E-state index contributed by atoms with van der Waals surface area (Å²) in [5.41, 5.74) is 0.995. The molecular weight excluding hydrogens is 370 g/mol. The van der Waals surface area contributed by atoms with Crippen LogP contribution in [0.3, 0.4) is 0 Å². The van der Waals surface area contributed by atoms with Gasteiger partial charge in [0.1, 0.15) is 0 Å². The maximum atomic E-state index is 12.9. The number of carbonyl (C=O) groups is 1. The quantitative estimate of drug-likeness (QED) is 0.809. The minimum absolute atomic E-state index is 0.0799. The van der Waals surface area contributed by atoms with E-state index in [-0.39, 0.29) is 23.8 Å². The fraction of sp³-hybridized carbons (Fsp3) is 0.571. The summed E-state index contributed by atoms with van der Waals surface area (Å²) in [5, 5.41) is 5.23. The van der Waals surface area contributed by atoms with Crippen LogP contribution in [0.4, 0.5) is 5.95 Å². The number of nitrogens with zero attached hydrogens (tertiary/aromatic N) is 4. The van der Waals surface area contributed by atoms with E-state index in [0.29, 0.717) is 0 Å². The van der Waals surface area contributed by atoms with E-state index in [1.807, 2.05) is 26.1 Å². The number of carbonyl (C=O) groups excluding carboxylic acids is 1. The van der Waals surface area contributed by atoms with Crippen LogP contribution in [0.1, 0.15) is 43.2 Å². The third-order valence-corrected chi connectivity index (χ3v) is 6.42. The van der Waals surface area contributed by atoms with Gasteiger partial charge in [0, 0.05) is 55.8 Å². The molecule has 2 atom stereocenters. The number of rotatable bonds is 6. The van der Waals surface area contributed by atoms with Crippen molar-refractivity contribution in [1.29, 1.82) is 0 Å². The molecule has 2 fully saturated rings. The standard InChI is InChI=1S/C21H29N5OS/c1-15(2)23-20(27)18-14-25(12-16-6-5-11-28-16)13-17(18)19-7-8-22-21(24-19)26-9-3-4-10-26/h5-8,11,15,17-18H,3-4,9-10,12-14H2,1-2H3,(H,23,27)/t17-,18-/m0/s1. The van der Waals surface area contributed by atoms with E-state index < -0.39 is 0 Å². The second-order valence-electron chi connectivity index (χ2n) is 8.13. The molecule has 150 valence electrons. The molecule has 0 radical (unpaired) electrons. The Hall–Kier alpha value is -1.99. The largest absolute Gasteiger partial charge is 0.354 e. The van der Waals surface area contributed by atoms with E-state index in [1.165, 1.54) is 17.7 Å². The zero-order chi connectivity index (χ0) is 19.5. The molecule has 1 N–H and O–H groups in total. The van der Waals surface area contributed by atoms with E-state index in [2.05, 4.69) is 37.6 Å². The summed E-state index contributed by atoms with van der Waals surface area (Å²) in [4.78, 5) is 28.3. The van der Waals surface area contributed by atoms with E-state index in [0.717, 1.165) is 44.4 Å². The highest BCUT2D eigenvalue weighted by Gasteiger charge is 2.39. The first-order valence-corrected chi connectivity index (χ1v) is 11.1. The van der Waals surface area contributed by atoms with Gasteiger partial charge >= 0.3 is 0 Å². The average molecular weight is 400 g/mol.